The van der Waals surface area contributed by atoms with Crippen molar-refractivity contribution >= 4 is 0 Å². The fraction of sp³-hybridized carbons (Fsp3) is 0.0769. The van der Waals surface area contributed by atoms with Crippen LogP contribution in [0.1, 0.15) is 0 Å². The molecule has 0 aliphatic carbocycles. The van der Waals surface area contributed by atoms with Gasteiger partial charge in [-0.3, -0.25) is 0 Å². The summed E-state index contributed by atoms with van der Waals surface area (Å²) in [5, 5.41) is 0. The number of hydrogen-bond donors (Lipinski definition) is 0. The van der Waals surface area contributed by atoms with Crippen molar-refractivity contribution in [3.8, 4) is 0 Å². The maximum absolute atomic E-state index is 2.24. The molecule has 0 fully saturated rings. The topological polar surface area (TPSA) is 0 Å². The molecule has 3 aliphatic heterocycles. The molecule has 0 aromatic heterocycles. The minimum atomic E-state index is 0.823. The molecule has 0 aromatic rings. The Balaban J connectivity index is 2.32. The third kappa shape index (κ3) is 0.777. The number of quaternary nitrogens is 1. The summed E-state index contributed by atoms with van der Waals surface area (Å²) in [5.74, 6) is 0. The second-order valence-corrected chi connectivity index (χ2v) is 3.86. The SMILES string of the molecule is C[N+]12C3=CC=CC1=CC=CC2=CC=C3. The lowest BCUT2D eigenvalue weighted by atomic mass is 10.0. The monoisotopic (exact) mass is 182 g/mol. The van der Waals surface area contributed by atoms with E-state index in [4.69, 9.17) is 0 Å². The molecule has 68 valence electrons. The Labute approximate surface area is 83.9 Å². The molecule has 0 spiro atoms. The molecule has 1 nitrogen and oxygen atoms in total. The maximum Gasteiger partial charge on any atom is 0.142 e. The van der Waals surface area contributed by atoms with Crippen molar-refractivity contribution in [2.45, 2.75) is 0 Å². The van der Waals surface area contributed by atoms with Gasteiger partial charge in [0.25, 0.3) is 0 Å². The van der Waals surface area contributed by atoms with Gasteiger partial charge in [-0.1, -0.05) is 18.2 Å². The second kappa shape index (κ2) is 2.46. The standard InChI is InChI=1S/C13H12N/c1-14-11-5-2-6-12(14)8-4-10-13(14)9-3-7-11/h2-10H,1H3/q+1. The molecule has 14 heavy (non-hydrogen) atoms. The van der Waals surface area contributed by atoms with Crippen LogP contribution in [0.5, 0.6) is 0 Å². The Kier molecular flexibility index (Phi) is 1.36. The van der Waals surface area contributed by atoms with E-state index >= 15 is 0 Å². The van der Waals surface area contributed by atoms with Gasteiger partial charge in [-0.05, 0) is 0 Å². The van der Waals surface area contributed by atoms with Gasteiger partial charge in [0, 0.05) is 36.5 Å². The number of allylic oxidation sites excluding steroid dienone is 9. The number of nitrogens with zero attached hydrogens (tertiary/aromatic N) is 1. The highest BCUT2D eigenvalue weighted by Crippen LogP contribution is 2.39. The van der Waals surface area contributed by atoms with Crippen molar-refractivity contribution in [2.24, 2.45) is 0 Å². The van der Waals surface area contributed by atoms with E-state index in [0.29, 0.717) is 0 Å². The summed E-state index contributed by atoms with van der Waals surface area (Å²) in [5.41, 5.74) is 4.00. The molecule has 0 aromatic carbocycles. The first-order valence-corrected chi connectivity index (χ1v) is 4.85. The highest BCUT2D eigenvalue weighted by Gasteiger charge is 2.37. The van der Waals surface area contributed by atoms with Gasteiger partial charge in [0.1, 0.15) is 17.1 Å². The van der Waals surface area contributed by atoms with Crippen LogP contribution in [0.3, 0.4) is 0 Å². The number of rotatable bonds is 0. The van der Waals surface area contributed by atoms with E-state index in [-0.39, 0.29) is 0 Å². The van der Waals surface area contributed by atoms with Gasteiger partial charge in [-0.15, -0.1) is 0 Å². The van der Waals surface area contributed by atoms with E-state index in [2.05, 4.69) is 61.7 Å². The molecule has 3 heterocycles. The van der Waals surface area contributed by atoms with Crippen molar-refractivity contribution in [1.29, 1.82) is 0 Å². The van der Waals surface area contributed by atoms with Gasteiger partial charge in [-0.2, -0.15) is 0 Å². The highest BCUT2D eigenvalue weighted by molar-refractivity contribution is 5.43. The summed E-state index contributed by atoms with van der Waals surface area (Å²) in [6.07, 6.45) is 19.4. The number of likely N-dealkylation sites (N-methyl/N-ethyl adjacent to an activating group) is 1. The molecule has 0 saturated heterocycles. The van der Waals surface area contributed by atoms with E-state index in [1.807, 2.05) is 0 Å². The summed E-state index contributed by atoms with van der Waals surface area (Å²) >= 11 is 0. The molecule has 3 aliphatic rings. The lowest BCUT2D eigenvalue weighted by molar-refractivity contribution is -0.786. The zero-order chi connectivity index (χ0) is 9.60. The molecule has 0 radical (unpaired) electrons. The lowest BCUT2D eigenvalue weighted by Gasteiger charge is -2.39. The van der Waals surface area contributed by atoms with Crippen molar-refractivity contribution < 1.29 is 4.48 Å². The Morgan fingerprint density at radius 1 is 0.714 bits per heavy atom. The molecular weight excluding hydrogens is 170 g/mol. The first-order chi connectivity index (χ1) is 6.82. The van der Waals surface area contributed by atoms with Crippen LogP contribution in [-0.4, -0.2) is 11.5 Å². The average Bonchev–Trinajstić information content (AvgIpc) is 2.18. The van der Waals surface area contributed by atoms with Crippen molar-refractivity contribution in [3.05, 3.63) is 71.8 Å². The van der Waals surface area contributed by atoms with Crippen molar-refractivity contribution in [3.63, 3.8) is 0 Å². The Morgan fingerprint density at radius 3 is 1.43 bits per heavy atom. The Morgan fingerprint density at radius 2 is 1.07 bits per heavy atom. The molecule has 0 bridgehead atoms. The van der Waals surface area contributed by atoms with E-state index in [1.54, 1.807) is 0 Å². The first-order valence-electron chi connectivity index (χ1n) is 4.85. The van der Waals surface area contributed by atoms with Crippen LogP contribution in [0.15, 0.2) is 71.8 Å². The van der Waals surface area contributed by atoms with Crippen molar-refractivity contribution in [2.75, 3.05) is 7.05 Å². The minimum Gasteiger partial charge on any atom is -0.229 e. The van der Waals surface area contributed by atoms with Crippen molar-refractivity contribution in [1.82, 2.24) is 0 Å². The summed E-state index contributed by atoms with van der Waals surface area (Å²) in [6, 6.07) is 0. The van der Waals surface area contributed by atoms with Gasteiger partial charge in [0.15, 0.2) is 0 Å². The predicted molar refractivity (Wildman–Crippen MR) is 57.9 cm³/mol. The molecule has 0 unspecified atom stereocenters. The summed E-state index contributed by atoms with van der Waals surface area (Å²) in [6.45, 7) is 0. The van der Waals surface area contributed by atoms with Gasteiger partial charge >= 0.3 is 0 Å². The number of hydrogen-bond acceptors (Lipinski definition) is 0. The quantitative estimate of drug-likeness (QED) is 0.505. The van der Waals surface area contributed by atoms with E-state index in [1.165, 1.54) is 17.1 Å². The zero-order valence-corrected chi connectivity index (χ0v) is 8.14. The normalized spacial score (nSPS) is 25.1. The maximum atomic E-state index is 2.24. The third-order valence-electron chi connectivity index (χ3n) is 3.15. The highest BCUT2D eigenvalue weighted by atomic mass is 15.4. The van der Waals surface area contributed by atoms with Gasteiger partial charge in [-0.25, -0.2) is 4.48 Å². The van der Waals surface area contributed by atoms with Gasteiger partial charge < -0.3 is 0 Å². The predicted octanol–water partition coefficient (Wildman–Crippen LogP) is 2.79. The fourth-order valence-electron chi connectivity index (χ4n) is 2.24. The average molecular weight is 182 g/mol. The van der Waals surface area contributed by atoms with Crippen LogP contribution < -0.4 is 0 Å². The molecule has 1 heteroatoms. The van der Waals surface area contributed by atoms with Crippen LogP contribution >= 0.6 is 0 Å². The van der Waals surface area contributed by atoms with Crippen LogP contribution in [-0.2, 0) is 0 Å². The Bertz CT molecular complexity index is 398. The minimum absolute atomic E-state index is 0.823. The summed E-state index contributed by atoms with van der Waals surface area (Å²) in [7, 11) is 2.24. The molecule has 0 N–H and O–H groups in total. The molecule has 0 saturated carbocycles. The smallest absolute Gasteiger partial charge is 0.142 e. The van der Waals surface area contributed by atoms with E-state index < -0.39 is 0 Å². The van der Waals surface area contributed by atoms with Crippen LogP contribution in [0.25, 0.3) is 0 Å². The third-order valence-corrected chi connectivity index (χ3v) is 3.15. The molecule has 0 atom stereocenters. The summed E-state index contributed by atoms with van der Waals surface area (Å²) in [4.78, 5) is 0. The lowest BCUT2D eigenvalue weighted by Crippen LogP contribution is -2.42. The molecular formula is C13H12N+. The fourth-order valence-corrected chi connectivity index (χ4v) is 2.24. The first kappa shape index (κ1) is 7.77. The van der Waals surface area contributed by atoms with Crippen LogP contribution in [0, 0.1) is 0 Å². The largest absolute Gasteiger partial charge is 0.229 e. The zero-order valence-electron chi connectivity index (χ0n) is 8.14. The van der Waals surface area contributed by atoms with E-state index in [0.717, 1.165) is 4.48 Å². The van der Waals surface area contributed by atoms with E-state index in [9.17, 15) is 0 Å². The van der Waals surface area contributed by atoms with Crippen LogP contribution in [0.4, 0.5) is 0 Å². The Hall–Kier alpha value is -1.60. The summed E-state index contributed by atoms with van der Waals surface area (Å²) < 4.78 is 0.823. The molecule has 0 amide bonds. The van der Waals surface area contributed by atoms with Gasteiger partial charge in [0.05, 0.1) is 7.05 Å². The van der Waals surface area contributed by atoms with Gasteiger partial charge in [0.2, 0.25) is 0 Å². The second-order valence-electron chi connectivity index (χ2n) is 3.86. The molecule has 3 rings (SSSR count). The van der Waals surface area contributed by atoms with Crippen LogP contribution in [0.2, 0.25) is 0 Å².